The predicted octanol–water partition coefficient (Wildman–Crippen LogP) is 1.73. The molecule has 0 N–H and O–H groups in total. The molecule has 1 aliphatic heterocycles. The molecule has 1 heterocycles. The van der Waals surface area contributed by atoms with Crippen LogP contribution in [-0.2, 0) is 24.3 Å². The lowest BCUT2D eigenvalue weighted by molar-refractivity contribution is -0.153. The van der Waals surface area contributed by atoms with Crippen LogP contribution in [0.1, 0.15) is 24.8 Å². The maximum absolute atomic E-state index is 12.7. The van der Waals surface area contributed by atoms with Gasteiger partial charge < -0.3 is 9.64 Å². The number of rotatable bonds is 6. The summed E-state index contributed by atoms with van der Waals surface area (Å²) < 4.78 is 31.9. The number of hydrogen-bond donors (Lipinski definition) is 0. The number of piperazine rings is 1. The Morgan fingerprint density at radius 2 is 1.79 bits per heavy atom. The fraction of sp³-hybridized carbons (Fsp3) is 0.500. The van der Waals surface area contributed by atoms with Gasteiger partial charge in [0.05, 0.1) is 11.3 Å². The Hall–Kier alpha value is -2.19. The molecule has 7 nitrogen and oxygen atoms in total. The summed E-state index contributed by atoms with van der Waals surface area (Å²) in [7, 11) is -3.56. The van der Waals surface area contributed by atoms with Crippen molar-refractivity contribution in [2.75, 3.05) is 32.8 Å². The first kappa shape index (κ1) is 20.5. The maximum atomic E-state index is 12.7. The predicted molar refractivity (Wildman–Crippen MR) is 104 cm³/mol. The average molecular weight is 407 g/mol. The van der Waals surface area contributed by atoms with Crippen molar-refractivity contribution in [3.05, 3.63) is 42.0 Å². The fourth-order valence-electron chi connectivity index (χ4n) is 3.41. The van der Waals surface area contributed by atoms with Gasteiger partial charge in [-0.1, -0.05) is 29.8 Å². The number of sulfonamides is 1. The number of aryl methyl sites for hydroxylation is 1. The Bertz CT molecular complexity index is 840. The molecular weight excluding hydrogens is 380 g/mol. The lowest BCUT2D eigenvalue weighted by atomic mass is 10.1. The number of nitrogens with zero attached hydrogens (tertiary/aromatic N) is 2. The standard InChI is InChI=1S/C20H26N2O5S/c1-16-6-8-18(9-7-16)28(25,26)22-12-10-21(11-13-22)19(23)15-27-20(24)14-17-4-2-3-5-17/h2,4,6-9,17H,3,5,10-15H2,1H3/t17-/m1/s1. The zero-order valence-corrected chi connectivity index (χ0v) is 16.9. The minimum Gasteiger partial charge on any atom is -0.456 e. The Kier molecular flexibility index (Phi) is 6.51. The summed E-state index contributed by atoms with van der Waals surface area (Å²) >= 11 is 0. The van der Waals surface area contributed by atoms with E-state index in [4.69, 9.17) is 4.74 Å². The number of amides is 1. The third-order valence-electron chi connectivity index (χ3n) is 5.15. The Labute approximate surface area is 166 Å². The highest BCUT2D eigenvalue weighted by Gasteiger charge is 2.30. The smallest absolute Gasteiger partial charge is 0.306 e. The zero-order valence-electron chi connectivity index (χ0n) is 16.0. The second-order valence-electron chi connectivity index (χ2n) is 7.23. The van der Waals surface area contributed by atoms with Gasteiger partial charge in [0.25, 0.3) is 5.91 Å². The van der Waals surface area contributed by atoms with Crippen LogP contribution in [0.5, 0.6) is 0 Å². The Morgan fingerprint density at radius 1 is 1.11 bits per heavy atom. The second-order valence-corrected chi connectivity index (χ2v) is 9.17. The normalized spacial score (nSPS) is 20.3. The molecule has 1 atom stereocenters. The van der Waals surface area contributed by atoms with Crippen molar-refractivity contribution in [1.82, 2.24) is 9.21 Å². The van der Waals surface area contributed by atoms with Crippen molar-refractivity contribution >= 4 is 21.9 Å². The monoisotopic (exact) mass is 406 g/mol. The van der Waals surface area contributed by atoms with E-state index in [0.29, 0.717) is 6.42 Å². The van der Waals surface area contributed by atoms with Gasteiger partial charge in [-0.05, 0) is 37.8 Å². The van der Waals surface area contributed by atoms with Crippen LogP contribution >= 0.6 is 0 Å². The first-order valence-corrected chi connectivity index (χ1v) is 11.0. The van der Waals surface area contributed by atoms with Crippen molar-refractivity contribution < 1.29 is 22.7 Å². The molecular formula is C20H26N2O5S. The van der Waals surface area contributed by atoms with E-state index in [0.717, 1.165) is 18.4 Å². The molecule has 0 aromatic heterocycles. The third kappa shape index (κ3) is 4.99. The van der Waals surface area contributed by atoms with Gasteiger partial charge in [0.1, 0.15) is 0 Å². The molecule has 2 aliphatic rings. The van der Waals surface area contributed by atoms with Gasteiger partial charge in [-0.25, -0.2) is 8.42 Å². The van der Waals surface area contributed by atoms with Gasteiger partial charge in [0.15, 0.2) is 6.61 Å². The first-order valence-electron chi connectivity index (χ1n) is 9.53. The van der Waals surface area contributed by atoms with Crippen molar-refractivity contribution in [1.29, 1.82) is 0 Å². The van der Waals surface area contributed by atoms with E-state index in [9.17, 15) is 18.0 Å². The van der Waals surface area contributed by atoms with Gasteiger partial charge >= 0.3 is 5.97 Å². The summed E-state index contributed by atoms with van der Waals surface area (Å²) in [6.45, 7) is 2.63. The summed E-state index contributed by atoms with van der Waals surface area (Å²) in [6, 6.07) is 6.73. The SMILES string of the molecule is Cc1ccc(S(=O)(=O)N2CCN(C(=O)COC(=O)C[C@@H]3C=CCC3)CC2)cc1. The molecule has 28 heavy (non-hydrogen) atoms. The molecule has 1 aliphatic carbocycles. The van der Waals surface area contributed by atoms with Crippen molar-refractivity contribution in [2.24, 2.45) is 5.92 Å². The van der Waals surface area contributed by atoms with Gasteiger partial charge in [-0.15, -0.1) is 0 Å². The van der Waals surface area contributed by atoms with Crippen LogP contribution in [0.4, 0.5) is 0 Å². The van der Waals surface area contributed by atoms with Crippen LogP contribution in [-0.4, -0.2) is 62.3 Å². The Morgan fingerprint density at radius 3 is 2.39 bits per heavy atom. The molecule has 0 radical (unpaired) electrons. The highest BCUT2D eigenvalue weighted by molar-refractivity contribution is 7.89. The lowest BCUT2D eigenvalue weighted by Gasteiger charge is -2.33. The van der Waals surface area contributed by atoms with Crippen molar-refractivity contribution in [2.45, 2.75) is 31.1 Å². The van der Waals surface area contributed by atoms with Crippen LogP contribution in [0.3, 0.4) is 0 Å². The van der Waals surface area contributed by atoms with Gasteiger partial charge in [-0.3, -0.25) is 9.59 Å². The van der Waals surface area contributed by atoms with Crippen LogP contribution in [0.15, 0.2) is 41.3 Å². The van der Waals surface area contributed by atoms with Crippen LogP contribution in [0.25, 0.3) is 0 Å². The van der Waals surface area contributed by atoms with Crippen LogP contribution in [0, 0.1) is 12.8 Å². The molecule has 8 heteroatoms. The lowest BCUT2D eigenvalue weighted by Crippen LogP contribution is -2.51. The number of ether oxygens (including phenoxy) is 1. The molecule has 0 bridgehead atoms. The molecule has 1 saturated heterocycles. The summed E-state index contributed by atoms with van der Waals surface area (Å²) in [5, 5.41) is 0. The molecule has 1 aromatic carbocycles. The van der Waals surface area contributed by atoms with E-state index < -0.39 is 10.0 Å². The van der Waals surface area contributed by atoms with Crippen molar-refractivity contribution in [3.8, 4) is 0 Å². The zero-order chi connectivity index (χ0) is 20.1. The quantitative estimate of drug-likeness (QED) is 0.531. The summed E-state index contributed by atoms with van der Waals surface area (Å²) in [5.74, 6) is -0.452. The van der Waals surface area contributed by atoms with Gasteiger partial charge in [-0.2, -0.15) is 4.31 Å². The van der Waals surface area contributed by atoms with Gasteiger partial charge in [0, 0.05) is 26.2 Å². The molecule has 152 valence electrons. The Balaban J connectivity index is 1.46. The molecule has 1 aromatic rings. The summed E-state index contributed by atoms with van der Waals surface area (Å²) in [6.07, 6.45) is 6.28. The minimum absolute atomic E-state index is 0.207. The van der Waals surface area contributed by atoms with Crippen LogP contribution in [0.2, 0.25) is 0 Å². The van der Waals surface area contributed by atoms with E-state index >= 15 is 0 Å². The molecule has 0 unspecified atom stereocenters. The number of allylic oxidation sites excluding steroid dienone is 2. The van der Waals surface area contributed by atoms with E-state index in [1.54, 1.807) is 29.2 Å². The van der Waals surface area contributed by atoms with Gasteiger partial charge in [0.2, 0.25) is 10.0 Å². The number of carbonyl (C=O) groups excluding carboxylic acids is 2. The van der Waals surface area contributed by atoms with E-state index in [1.807, 2.05) is 19.1 Å². The number of hydrogen-bond acceptors (Lipinski definition) is 5. The highest BCUT2D eigenvalue weighted by atomic mass is 32.2. The average Bonchev–Trinajstić information content (AvgIpc) is 3.19. The number of carbonyl (C=O) groups is 2. The minimum atomic E-state index is -3.56. The van der Waals surface area contributed by atoms with E-state index in [1.165, 1.54) is 4.31 Å². The fourth-order valence-corrected chi connectivity index (χ4v) is 4.83. The molecule has 1 amide bonds. The highest BCUT2D eigenvalue weighted by Crippen LogP contribution is 2.21. The topological polar surface area (TPSA) is 84.0 Å². The summed E-state index contributed by atoms with van der Waals surface area (Å²) in [4.78, 5) is 25.9. The molecule has 0 spiro atoms. The van der Waals surface area contributed by atoms with Crippen molar-refractivity contribution in [3.63, 3.8) is 0 Å². The first-order chi connectivity index (χ1) is 13.4. The maximum Gasteiger partial charge on any atom is 0.306 e. The largest absolute Gasteiger partial charge is 0.456 e. The van der Waals surface area contributed by atoms with Crippen LogP contribution < -0.4 is 0 Å². The second kappa shape index (κ2) is 8.87. The molecule has 1 fully saturated rings. The third-order valence-corrected chi connectivity index (χ3v) is 7.06. The number of esters is 1. The molecule has 0 saturated carbocycles. The summed E-state index contributed by atoms with van der Waals surface area (Å²) in [5.41, 5.74) is 0.993. The van der Waals surface area contributed by atoms with E-state index in [-0.39, 0.29) is 55.5 Å². The molecule has 3 rings (SSSR count). The number of benzene rings is 1. The van der Waals surface area contributed by atoms with E-state index in [2.05, 4.69) is 0 Å².